The molecule has 39 heavy (non-hydrogen) atoms. The Bertz CT molecular complexity index is 1560. The molecular weight excluding hydrogens is 500 g/mol. The number of carbonyl (C=O) groups excluding carboxylic acids is 1. The van der Waals surface area contributed by atoms with Crippen LogP contribution >= 0.6 is 0 Å². The predicted molar refractivity (Wildman–Crippen MR) is 146 cm³/mol. The number of nitro groups is 1. The van der Waals surface area contributed by atoms with Gasteiger partial charge in [-0.25, -0.2) is 4.68 Å². The largest absolute Gasteiger partial charge is 0.495 e. The fourth-order valence-corrected chi connectivity index (χ4v) is 4.46. The van der Waals surface area contributed by atoms with E-state index in [1.54, 1.807) is 41.9 Å². The van der Waals surface area contributed by atoms with E-state index in [-0.39, 0.29) is 11.6 Å². The average molecular weight is 527 g/mol. The van der Waals surface area contributed by atoms with Gasteiger partial charge in [-0.05, 0) is 67.9 Å². The normalized spacial score (nSPS) is 14.3. The lowest BCUT2D eigenvalue weighted by Gasteiger charge is -2.28. The molecule has 11 nitrogen and oxygen atoms in total. The Labute approximate surface area is 224 Å². The van der Waals surface area contributed by atoms with Crippen LogP contribution < -0.4 is 20.1 Å². The van der Waals surface area contributed by atoms with Gasteiger partial charge >= 0.3 is 0 Å². The Balaban J connectivity index is 1.57. The fraction of sp³-hybridized carbons (Fsp3) is 0.179. The van der Waals surface area contributed by atoms with Crippen LogP contribution in [-0.2, 0) is 4.79 Å². The van der Waals surface area contributed by atoms with Gasteiger partial charge in [-0.1, -0.05) is 12.1 Å². The summed E-state index contributed by atoms with van der Waals surface area (Å²) in [5, 5.41) is 22.2. The minimum atomic E-state index is -0.708. The number of nitro benzene ring substituents is 1. The summed E-state index contributed by atoms with van der Waals surface area (Å²) < 4.78 is 12.5. The van der Waals surface area contributed by atoms with Crippen molar-refractivity contribution in [1.29, 1.82) is 0 Å². The fourth-order valence-electron chi connectivity index (χ4n) is 4.46. The minimum Gasteiger partial charge on any atom is -0.495 e. The molecule has 1 aliphatic heterocycles. The highest BCUT2D eigenvalue weighted by molar-refractivity contribution is 6.06. The highest BCUT2D eigenvalue weighted by Crippen LogP contribution is 2.38. The molecule has 0 aliphatic carbocycles. The number of hydrogen-bond acceptors (Lipinski definition) is 8. The molecule has 1 unspecified atom stereocenters. The van der Waals surface area contributed by atoms with Crippen LogP contribution in [0.1, 0.15) is 25.5 Å². The molecule has 1 aliphatic rings. The first-order chi connectivity index (χ1) is 18.9. The smallest absolute Gasteiger partial charge is 0.269 e. The molecule has 0 saturated heterocycles. The van der Waals surface area contributed by atoms with Crippen LogP contribution in [0, 0.1) is 10.1 Å². The van der Waals surface area contributed by atoms with Gasteiger partial charge in [0, 0.05) is 23.4 Å². The first-order valence-corrected chi connectivity index (χ1v) is 12.3. The number of allylic oxidation sites excluding steroid dienone is 1. The van der Waals surface area contributed by atoms with Crippen molar-refractivity contribution in [3.63, 3.8) is 0 Å². The molecule has 0 fully saturated rings. The highest BCUT2D eigenvalue weighted by Gasteiger charge is 2.35. The van der Waals surface area contributed by atoms with Crippen LogP contribution in [0.3, 0.4) is 0 Å². The van der Waals surface area contributed by atoms with Crippen molar-refractivity contribution in [2.75, 3.05) is 24.4 Å². The molecule has 1 aromatic heterocycles. The molecule has 3 aromatic carbocycles. The van der Waals surface area contributed by atoms with Gasteiger partial charge < -0.3 is 20.1 Å². The summed E-state index contributed by atoms with van der Waals surface area (Å²) in [6, 6.07) is 19.9. The Hall–Kier alpha value is -5.19. The summed E-state index contributed by atoms with van der Waals surface area (Å²) in [6.07, 6.45) is 0. The number of benzene rings is 3. The molecule has 4 aromatic rings. The molecule has 1 atom stereocenters. The first-order valence-electron chi connectivity index (χ1n) is 12.3. The number of nitrogens with zero attached hydrogens (tertiary/aromatic N) is 4. The van der Waals surface area contributed by atoms with Crippen molar-refractivity contribution in [2.45, 2.75) is 19.9 Å². The van der Waals surface area contributed by atoms with E-state index in [1.807, 2.05) is 37.3 Å². The minimum absolute atomic E-state index is 0.0534. The monoisotopic (exact) mass is 526 g/mol. The van der Waals surface area contributed by atoms with E-state index in [9.17, 15) is 14.9 Å². The number of fused-ring (bicyclic) bond motifs is 1. The Morgan fingerprint density at radius 1 is 1.10 bits per heavy atom. The maximum atomic E-state index is 13.7. The third kappa shape index (κ3) is 5.01. The zero-order chi connectivity index (χ0) is 27.5. The lowest BCUT2D eigenvalue weighted by Crippen LogP contribution is -2.31. The van der Waals surface area contributed by atoms with Gasteiger partial charge in [0.25, 0.3) is 11.6 Å². The summed E-state index contributed by atoms with van der Waals surface area (Å²) in [5.74, 6) is 1.76. The van der Waals surface area contributed by atoms with Crippen LogP contribution in [-0.4, -0.2) is 39.3 Å². The van der Waals surface area contributed by atoms with E-state index in [2.05, 4.69) is 15.6 Å². The van der Waals surface area contributed by atoms with Crippen LogP contribution in [0.25, 0.3) is 11.4 Å². The third-order valence-corrected chi connectivity index (χ3v) is 6.30. The molecule has 11 heteroatoms. The molecular formula is C28H26N6O5. The van der Waals surface area contributed by atoms with Crippen LogP contribution in [0.5, 0.6) is 11.5 Å². The van der Waals surface area contributed by atoms with Gasteiger partial charge in [0.1, 0.15) is 17.5 Å². The lowest BCUT2D eigenvalue weighted by atomic mass is 9.95. The van der Waals surface area contributed by atoms with Crippen molar-refractivity contribution >= 4 is 23.2 Å². The molecule has 0 bridgehead atoms. The lowest BCUT2D eigenvalue weighted by molar-refractivity contribution is -0.384. The quantitative estimate of drug-likeness (QED) is 0.237. The Morgan fingerprint density at radius 2 is 1.82 bits per heavy atom. The maximum Gasteiger partial charge on any atom is 0.269 e. The predicted octanol–water partition coefficient (Wildman–Crippen LogP) is 5.19. The van der Waals surface area contributed by atoms with Crippen molar-refractivity contribution in [3.05, 3.63) is 99.7 Å². The number of aromatic nitrogens is 3. The number of ether oxygens (including phenoxy) is 2. The first kappa shape index (κ1) is 25.5. The molecule has 198 valence electrons. The number of amides is 1. The molecule has 2 heterocycles. The summed E-state index contributed by atoms with van der Waals surface area (Å²) in [5.41, 5.74) is 2.81. The Kier molecular flexibility index (Phi) is 6.96. The van der Waals surface area contributed by atoms with Gasteiger partial charge in [-0.3, -0.25) is 14.9 Å². The van der Waals surface area contributed by atoms with Crippen molar-refractivity contribution in [3.8, 4) is 22.9 Å². The van der Waals surface area contributed by atoms with Crippen molar-refractivity contribution in [2.24, 2.45) is 0 Å². The van der Waals surface area contributed by atoms with E-state index in [0.717, 1.165) is 11.3 Å². The van der Waals surface area contributed by atoms with Gasteiger partial charge in [-0.15, -0.1) is 5.10 Å². The van der Waals surface area contributed by atoms with E-state index >= 15 is 0 Å². The highest BCUT2D eigenvalue weighted by atomic mass is 16.6. The third-order valence-electron chi connectivity index (χ3n) is 6.30. The van der Waals surface area contributed by atoms with E-state index in [0.29, 0.717) is 46.7 Å². The van der Waals surface area contributed by atoms with Gasteiger partial charge in [-0.2, -0.15) is 4.98 Å². The molecule has 0 radical (unpaired) electrons. The second-order valence-corrected chi connectivity index (χ2v) is 8.73. The van der Waals surface area contributed by atoms with E-state index in [4.69, 9.17) is 14.6 Å². The SMILES string of the molecule is CCOc1ccc(-c2nc3n(n2)C(c2ccc([N+](=O)[O-])cc2)C(C(=O)Nc2ccccc2OC)=C(C)N3)cc1. The molecule has 2 N–H and O–H groups in total. The van der Waals surface area contributed by atoms with Gasteiger partial charge in [0.2, 0.25) is 5.95 Å². The summed E-state index contributed by atoms with van der Waals surface area (Å²) in [4.78, 5) is 29.2. The standard InChI is InChI=1S/C28H26N6O5/c1-4-39-21-15-11-19(12-16-21)26-31-28-29-17(2)24(27(35)30-22-7-5-6-8-23(22)38-3)25(33(28)32-26)18-9-13-20(14-10-18)34(36)37/h5-16,25H,4H2,1-3H3,(H,30,35)(H,29,31,32). The van der Waals surface area contributed by atoms with Crippen LogP contribution in [0.4, 0.5) is 17.3 Å². The average Bonchev–Trinajstić information content (AvgIpc) is 3.36. The number of carbonyl (C=O) groups is 1. The summed E-state index contributed by atoms with van der Waals surface area (Å²) in [7, 11) is 1.53. The van der Waals surface area contributed by atoms with Crippen LogP contribution in [0.15, 0.2) is 84.1 Å². The second kappa shape index (κ2) is 10.7. The molecule has 1 amide bonds. The number of anilines is 2. The molecule has 5 rings (SSSR count). The Morgan fingerprint density at radius 3 is 2.49 bits per heavy atom. The van der Waals surface area contributed by atoms with Gasteiger partial charge in [0.15, 0.2) is 5.82 Å². The number of para-hydroxylation sites is 2. The van der Waals surface area contributed by atoms with Crippen molar-refractivity contribution < 1.29 is 19.2 Å². The zero-order valence-electron chi connectivity index (χ0n) is 21.5. The molecule has 0 spiro atoms. The topological polar surface area (TPSA) is 133 Å². The van der Waals surface area contributed by atoms with Crippen LogP contribution in [0.2, 0.25) is 0 Å². The van der Waals surface area contributed by atoms with Gasteiger partial charge in [0.05, 0.1) is 29.9 Å². The number of nitrogens with one attached hydrogen (secondary N) is 2. The number of hydrogen-bond donors (Lipinski definition) is 2. The zero-order valence-corrected chi connectivity index (χ0v) is 21.5. The van der Waals surface area contributed by atoms with E-state index in [1.165, 1.54) is 19.2 Å². The summed E-state index contributed by atoms with van der Waals surface area (Å²) in [6.45, 7) is 4.26. The second-order valence-electron chi connectivity index (χ2n) is 8.73. The number of non-ortho nitro benzene ring substituents is 1. The maximum absolute atomic E-state index is 13.7. The number of methoxy groups -OCH3 is 1. The molecule has 0 saturated carbocycles. The number of rotatable bonds is 8. The van der Waals surface area contributed by atoms with E-state index < -0.39 is 11.0 Å². The van der Waals surface area contributed by atoms with Crippen molar-refractivity contribution in [1.82, 2.24) is 14.8 Å². The summed E-state index contributed by atoms with van der Waals surface area (Å²) >= 11 is 0.